The highest BCUT2D eigenvalue weighted by atomic mass is 32.1. The molecular formula is C22H28N2OS. The van der Waals surface area contributed by atoms with Crippen molar-refractivity contribution in [1.82, 2.24) is 0 Å². The lowest BCUT2D eigenvalue weighted by molar-refractivity contribution is 0.103. The molecule has 1 aliphatic carbocycles. The summed E-state index contributed by atoms with van der Waals surface area (Å²) in [7, 11) is 0. The summed E-state index contributed by atoms with van der Waals surface area (Å²) < 4.78 is 0. The van der Waals surface area contributed by atoms with Crippen LogP contribution >= 0.6 is 11.3 Å². The number of nitrogens with one attached hydrogen (secondary N) is 1. The third kappa shape index (κ3) is 4.12. The zero-order chi connectivity index (χ0) is 17.8. The van der Waals surface area contributed by atoms with Gasteiger partial charge in [-0.05, 0) is 74.4 Å². The molecule has 0 unspecified atom stereocenters. The molecule has 0 atom stereocenters. The molecule has 1 aromatic heterocycles. The Kier molecular flexibility index (Phi) is 5.59. The number of carbonyl (C=O) groups excluding carboxylic acids is 1. The highest BCUT2D eigenvalue weighted by Crippen LogP contribution is 2.29. The molecule has 1 saturated heterocycles. The van der Waals surface area contributed by atoms with Crippen LogP contribution in [0.25, 0.3) is 0 Å². The van der Waals surface area contributed by atoms with E-state index in [4.69, 9.17) is 0 Å². The standard InChI is InChI=1S/C22H28N2OS/c25-22(21-16-17-8-4-3-5-9-20(17)26-21)23-18-10-12-19(13-11-18)24-14-6-1-2-7-15-24/h10-13,16H,1-9,14-15H2,(H,23,25). The van der Waals surface area contributed by atoms with E-state index in [0.717, 1.165) is 36.5 Å². The number of hydrogen-bond acceptors (Lipinski definition) is 3. The minimum absolute atomic E-state index is 0.0330. The molecule has 0 radical (unpaired) electrons. The summed E-state index contributed by atoms with van der Waals surface area (Å²) in [5, 5.41) is 3.08. The van der Waals surface area contributed by atoms with Crippen LogP contribution in [0.4, 0.5) is 11.4 Å². The van der Waals surface area contributed by atoms with Crippen molar-refractivity contribution in [2.45, 2.75) is 57.8 Å². The Bertz CT molecular complexity index is 719. The van der Waals surface area contributed by atoms with Crippen LogP contribution in [-0.4, -0.2) is 19.0 Å². The monoisotopic (exact) mass is 368 g/mol. The van der Waals surface area contributed by atoms with Crippen molar-refractivity contribution in [3.05, 3.63) is 45.6 Å². The molecule has 138 valence electrons. The van der Waals surface area contributed by atoms with E-state index in [2.05, 4.69) is 28.4 Å². The zero-order valence-corrected chi connectivity index (χ0v) is 16.2. The summed E-state index contributed by atoms with van der Waals surface area (Å²) in [6.45, 7) is 2.29. The lowest BCUT2D eigenvalue weighted by Gasteiger charge is -2.22. The predicted molar refractivity (Wildman–Crippen MR) is 111 cm³/mol. The number of benzene rings is 1. The van der Waals surface area contributed by atoms with Crippen molar-refractivity contribution < 1.29 is 4.79 Å². The first-order valence-electron chi connectivity index (χ1n) is 10.1. The normalized spacial score (nSPS) is 17.9. The van der Waals surface area contributed by atoms with Crippen LogP contribution in [0.3, 0.4) is 0 Å². The van der Waals surface area contributed by atoms with Gasteiger partial charge >= 0.3 is 0 Å². The minimum atomic E-state index is 0.0330. The molecule has 1 N–H and O–H groups in total. The van der Waals surface area contributed by atoms with Gasteiger partial charge in [-0.3, -0.25) is 4.79 Å². The molecule has 0 bridgehead atoms. The maximum Gasteiger partial charge on any atom is 0.265 e. The highest BCUT2D eigenvalue weighted by Gasteiger charge is 2.17. The lowest BCUT2D eigenvalue weighted by Crippen LogP contribution is -2.23. The predicted octanol–water partition coefficient (Wildman–Crippen LogP) is 5.65. The maximum atomic E-state index is 12.6. The highest BCUT2D eigenvalue weighted by molar-refractivity contribution is 7.14. The molecule has 1 amide bonds. The fraction of sp³-hybridized carbons (Fsp3) is 0.500. The van der Waals surface area contributed by atoms with Crippen molar-refractivity contribution in [3.8, 4) is 0 Å². The number of rotatable bonds is 3. The second kappa shape index (κ2) is 8.26. The Morgan fingerprint density at radius 2 is 1.58 bits per heavy atom. The maximum absolute atomic E-state index is 12.6. The third-order valence-electron chi connectivity index (χ3n) is 5.57. The second-order valence-electron chi connectivity index (χ2n) is 7.52. The van der Waals surface area contributed by atoms with E-state index >= 15 is 0 Å². The average Bonchev–Trinajstić information content (AvgIpc) is 2.84. The summed E-state index contributed by atoms with van der Waals surface area (Å²) in [5.41, 5.74) is 3.55. The Morgan fingerprint density at radius 1 is 0.885 bits per heavy atom. The molecular weight excluding hydrogens is 340 g/mol. The first-order chi connectivity index (χ1) is 12.8. The Morgan fingerprint density at radius 3 is 2.35 bits per heavy atom. The molecule has 1 fully saturated rings. The Labute approximate surface area is 160 Å². The van der Waals surface area contributed by atoms with Gasteiger partial charge < -0.3 is 10.2 Å². The van der Waals surface area contributed by atoms with Gasteiger partial charge in [0.2, 0.25) is 0 Å². The van der Waals surface area contributed by atoms with Crippen LogP contribution in [-0.2, 0) is 12.8 Å². The van der Waals surface area contributed by atoms with E-state index in [1.54, 1.807) is 11.3 Å². The smallest absolute Gasteiger partial charge is 0.265 e. The van der Waals surface area contributed by atoms with Gasteiger partial charge in [0, 0.05) is 29.3 Å². The number of hydrogen-bond donors (Lipinski definition) is 1. The Hall–Kier alpha value is -1.81. The molecule has 3 nitrogen and oxygen atoms in total. The fourth-order valence-corrected chi connectivity index (χ4v) is 5.21. The average molecular weight is 369 g/mol. The molecule has 2 heterocycles. The van der Waals surface area contributed by atoms with Crippen LogP contribution in [0.1, 0.15) is 65.1 Å². The van der Waals surface area contributed by atoms with Crippen molar-refractivity contribution in [2.24, 2.45) is 0 Å². The minimum Gasteiger partial charge on any atom is -0.372 e. The third-order valence-corrected chi connectivity index (χ3v) is 6.80. The molecule has 2 aromatic rings. The molecule has 0 spiro atoms. The van der Waals surface area contributed by atoms with E-state index in [9.17, 15) is 4.79 Å². The largest absolute Gasteiger partial charge is 0.372 e. The number of amides is 1. The number of carbonyl (C=O) groups is 1. The molecule has 1 aliphatic heterocycles. The summed E-state index contributed by atoms with van der Waals surface area (Å²) >= 11 is 1.68. The van der Waals surface area contributed by atoms with Gasteiger partial charge in [-0.25, -0.2) is 0 Å². The van der Waals surface area contributed by atoms with E-state index in [0.29, 0.717) is 0 Å². The van der Waals surface area contributed by atoms with E-state index in [1.165, 1.54) is 61.1 Å². The number of thiophene rings is 1. The lowest BCUT2D eigenvalue weighted by atomic mass is 10.1. The molecule has 0 saturated carbocycles. The van der Waals surface area contributed by atoms with Gasteiger partial charge in [-0.2, -0.15) is 0 Å². The molecule has 1 aromatic carbocycles. The summed E-state index contributed by atoms with van der Waals surface area (Å²) in [6, 6.07) is 10.5. The summed E-state index contributed by atoms with van der Waals surface area (Å²) in [5.74, 6) is 0.0330. The van der Waals surface area contributed by atoms with Gasteiger partial charge in [-0.1, -0.05) is 19.3 Å². The Balaban J connectivity index is 1.41. The van der Waals surface area contributed by atoms with Crippen LogP contribution < -0.4 is 10.2 Å². The van der Waals surface area contributed by atoms with Gasteiger partial charge in [-0.15, -0.1) is 11.3 Å². The fourth-order valence-electron chi connectivity index (χ4n) is 4.06. The first-order valence-corrected chi connectivity index (χ1v) is 10.9. The quantitative estimate of drug-likeness (QED) is 0.710. The van der Waals surface area contributed by atoms with Gasteiger partial charge in [0.05, 0.1) is 4.88 Å². The van der Waals surface area contributed by atoms with Crippen molar-refractivity contribution in [2.75, 3.05) is 23.3 Å². The van der Waals surface area contributed by atoms with Crippen molar-refractivity contribution >= 4 is 28.6 Å². The van der Waals surface area contributed by atoms with Crippen LogP contribution in [0, 0.1) is 0 Å². The number of aryl methyl sites for hydroxylation is 2. The van der Waals surface area contributed by atoms with E-state index < -0.39 is 0 Å². The second-order valence-corrected chi connectivity index (χ2v) is 8.66. The topological polar surface area (TPSA) is 32.3 Å². The van der Waals surface area contributed by atoms with Crippen LogP contribution in [0.5, 0.6) is 0 Å². The van der Waals surface area contributed by atoms with Crippen molar-refractivity contribution in [3.63, 3.8) is 0 Å². The van der Waals surface area contributed by atoms with Crippen LogP contribution in [0.15, 0.2) is 30.3 Å². The van der Waals surface area contributed by atoms with Gasteiger partial charge in [0.1, 0.15) is 0 Å². The SMILES string of the molecule is O=C(Nc1ccc(N2CCCCCC2)cc1)c1cc2c(s1)CCCCC2. The molecule has 4 rings (SSSR count). The van der Waals surface area contributed by atoms with Gasteiger partial charge in [0.15, 0.2) is 0 Å². The van der Waals surface area contributed by atoms with Crippen molar-refractivity contribution in [1.29, 1.82) is 0 Å². The molecule has 4 heteroatoms. The van der Waals surface area contributed by atoms with E-state index in [-0.39, 0.29) is 5.91 Å². The summed E-state index contributed by atoms with van der Waals surface area (Å²) in [4.78, 5) is 17.4. The van der Waals surface area contributed by atoms with Gasteiger partial charge in [0.25, 0.3) is 5.91 Å². The first kappa shape index (κ1) is 17.6. The van der Waals surface area contributed by atoms with E-state index in [1.807, 2.05) is 12.1 Å². The molecule has 2 aliphatic rings. The number of nitrogens with zero attached hydrogens (tertiary/aromatic N) is 1. The zero-order valence-electron chi connectivity index (χ0n) is 15.4. The number of fused-ring (bicyclic) bond motifs is 1. The summed E-state index contributed by atoms with van der Waals surface area (Å²) in [6.07, 6.45) is 11.3. The number of anilines is 2. The van der Waals surface area contributed by atoms with Crippen LogP contribution in [0.2, 0.25) is 0 Å². The molecule has 26 heavy (non-hydrogen) atoms.